The lowest BCUT2D eigenvalue weighted by Gasteiger charge is -2.16. The smallest absolute Gasteiger partial charge is 0.306 e. The van der Waals surface area contributed by atoms with E-state index in [4.69, 9.17) is 0 Å². The van der Waals surface area contributed by atoms with Gasteiger partial charge in [-0.3, -0.25) is 4.79 Å². The molecule has 0 heterocycles. The molecular weight excluding hydrogens is 298 g/mol. The molecule has 0 aliphatic rings. The fourth-order valence-corrected chi connectivity index (χ4v) is 2.60. The molecule has 0 rings (SSSR count). The van der Waals surface area contributed by atoms with Gasteiger partial charge in [0, 0.05) is 20.1 Å². The molecule has 0 radical (unpaired) electrons. The molecule has 19 heavy (non-hydrogen) atoms. The number of carbonyl (C=O) groups excluding carboxylic acids is 1. The number of nitrogens with zero attached hydrogens (tertiary/aromatic N) is 1. The number of carbonyl (C=O) groups is 1. The van der Waals surface area contributed by atoms with Crippen molar-refractivity contribution in [2.75, 3.05) is 40.0 Å². The summed E-state index contributed by atoms with van der Waals surface area (Å²) in [5.41, 5.74) is 0. The lowest BCUT2D eigenvalue weighted by molar-refractivity contribution is -0.140. The van der Waals surface area contributed by atoms with Crippen molar-refractivity contribution < 1.29 is 26.4 Å². The van der Waals surface area contributed by atoms with E-state index in [9.17, 15) is 21.6 Å². The van der Waals surface area contributed by atoms with Crippen LogP contribution >= 0.6 is 0 Å². The SMILES string of the molecule is CNS(=O)(=O)CCNS(=O)(=O)N(C)CCC(=O)OC. The Balaban J connectivity index is 4.28. The maximum absolute atomic E-state index is 11.7. The van der Waals surface area contributed by atoms with Crippen molar-refractivity contribution in [3.05, 3.63) is 0 Å². The fraction of sp³-hybridized carbons (Fsp3) is 0.875. The van der Waals surface area contributed by atoms with Crippen molar-refractivity contribution in [2.45, 2.75) is 6.42 Å². The van der Waals surface area contributed by atoms with Gasteiger partial charge in [-0.2, -0.15) is 12.7 Å². The van der Waals surface area contributed by atoms with E-state index in [1.54, 1.807) is 0 Å². The number of hydrogen-bond donors (Lipinski definition) is 2. The van der Waals surface area contributed by atoms with Crippen LogP contribution < -0.4 is 9.44 Å². The van der Waals surface area contributed by atoms with Crippen LogP contribution in [0.4, 0.5) is 0 Å². The first-order valence-corrected chi connectivity index (χ1v) is 8.43. The third-order valence-corrected chi connectivity index (χ3v) is 5.17. The zero-order chi connectivity index (χ0) is 15.1. The third kappa shape index (κ3) is 7.42. The highest BCUT2D eigenvalue weighted by Gasteiger charge is 2.19. The summed E-state index contributed by atoms with van der Waals surface area (Å²) in [4.78, 5) is 10.9. The molecule has 0 aromatic heterocycles. The van der Waals surface area contributed by atoms with Gasteiger partial charge < -0.3 is 4.74 Å². The molecule has 114 valence electrons. The molecule has 0 atom stereocenters. The number of rotatable bonds is 9. The molecule has 0 aromatic carbocycles. The number of methoxy groups -OCH3 is 1. The Morgan fingerprint density at radius 2 is 1.84 bits per heavy atom. The van der Waals surface area contributed by atoms with Crippen LogP contribution in [-0.4, -0.2) is 67.2 Å². The monoisotopic (exact) mass is 317 g/mol. The van der Waals surface area contributed by atoms with Gasteiger partial charge in [-0.15, -0.1) is 0 Å². The van der Waals surface area contributed by atoms with E-state index in [1.807, 2.05) is 0 Å². The second kappa shape index (κ2) is 7.75. The molecule has 0 bridgehead atoms. The summed E-state index contributed by atoms with van der Waals surface area (Å²) in [6.07, 6.45) is -0.0806. The maximum atomic E-state index is 11.7. The van der Waals surface area contributed by atoms with Gasteiger partial charge in [-0.05, 0) is 7.05 Å². The minimum absolute atomic E-state index is 0.0548. The summed E-state index contributed by atoms with van der Waals surface area (Å²) in [6.45, 7) is -0.311. The highest BCUT2D eigenvalue weighted by atomic mass is 32.2. The van der Waals surface area contributed by atoms with Gasteiger partial charge in [-0.25, -0.2) is 17.9 Å². The molecule has 0 unspecified atom stereocenters. The minimum Gasteiger partial charge on any atom is -0.469 e. The number of esters is 1. The van der Waals surface area contributed by atoms with Crippen LogP contribution in [0.3, 0.4) is 0 Å². The van der Waals surface area contributed by atoms with Crippen LogP contribution in [0.25, 0.3) is 0 Å². The Kier molecular flexibility index (Phi) is 7.44. The van der Waals surface area contributed by atoms with E-state index in [1.165, 1.54) is 21.2 Å². The second-order valence-electron chi connectivity index (χ2n) is 3.57. The van der Waals surface area contributed by atoms with Crippen LogP contribution in [0.2, 0.25) is 0 Å². The van der Waals surface area contributed by atoms with Gasteiger partial charge in [0.1, 0.15) is 0 Å². The highest BCUT2D eigenvalue weighted by molar-refractivity contribution is 7.89. The largest absolute Gasteiger partial charge is 0.469 e. The van der Waals surface area contributed by atoms with Gasteiger partial charge >= 0.3 is 5.97 Å². The molecule has 0 amide bonds. The lowest BCUT2D eigenvalue weighted by atomic mass is 10.4. The second-order valence-corrected chi connectivity index (χ2v) is 7.48. The van der Waals surface area contributed by atoms with Gasteiger partial charge in [-0.1, -0.05) is 0 Å². The first kappa shape index (κ1) is 18.2. The summed E-state index contributed by atoms with van der Waals surface area (Å²) < 4.78 is 55.0. The Morgan fingerprint density at radius 3 is 2.32 bits per heavy atom. The van der Waals surface area contributed by atoms with Crippen molar-refractivity contribution in [3.8, 4) is 0 Å². The molecule has 0 aliphatic heterocycles. The number of nitrogens with one attached hydrogen (secondary N) is 2. The number of hydrogen-bond acceptors (Lipinski definition) is 6. The maximum Gasteiger partial charge on any atom is 0.306 e. The molecule has 0 saturated heterocycles. The summed E-state index contributed by atoms with van der Waals surface area (Å²) in [7, 11) is -3.55. The molecule has 11 heteroatoms. The Hall–Kier alpha value is -0.750. The van der Waals surface area contributed by atoms with Crippen molar-refractivity contribution in [3.63, 3.8) is 0 Å². The zero-order valence-electron chi connectivity index (χ0n) is 11.0. The van der Waals surface area contributed by atoms with E-state index in [0.29, 0.717) is 0 Å². The average Bonchev–Trinajstić information content (AvgIpc) is 2.34. The van der Waals surface area contributed by atoms with Gasteiger partial charge in [0.2, 0.25) is 10.0 Å². The molecule has 0 fully saturated rings. The van der Waals surface area contributed by atoms with Crippen LogP contribution in [0.5, 0.6) is 0 Å². The quantitative estimate of drug-likeness (QED) is 0.468. The van der Waals surface area contributed by atoms with Crippen LogP contribution in [0, 0.1) is 0 Å². The van der Waals surface area contributed by atoms with E-state index in [-0.39, 0.29) is 25.3 Å². The molecule has 0 aliphatic carbocycles. The summed E-state index contributed by atoms with van der Waals surface area (Å²) >= 11 is 0. The average molecular weight is 317 g/mol. The predicted octanol–water partition coefficient (Wildman–Crippen LogP) is -2.14. The summed E-state index contributed by atoms with van der Waals surface area (Å²) in [5, 5.41) is 0. The van der Waals surface area contributed by atoms with Gasteiger partial charge in [0.15, 0.2) is 0 Å². The zero-order valence-corrected chi connectivity index (χ0v) is 12.7. The van der Waals surface area contributed by atoms with Gasteiger partial charge in [0.05, 0.1) is 19.3 Å². The molecule has 9 nitrogen and oxygen atoms in total. The van der Waals surface area contributed by atoms with E-state index >= 15 is 0 Å². The van der Waals surface area contributed by atoms with E-state index < -0.39 is 26.2 Å². The topological polar surface area (TPSA) is 122 Å². The standard InChI is InChI=1S/C8H19N3O6S2/c1-9-18(13,14)7-5-10-19(15,16)11(2)6-4-8(12)17-3/h9-10H,4-7H2,1-3H3. The van der Waals surface area contributed by atoms with Crippen molar-refractivity contribution in [1.82, 2.24) is 13.7 Å². The Bertz CT molecular complexity index is 487. The normalized spacial score (nSPS) is 12.6. The van der Waals surface area contributed by atoms with E-state index in [2.05, 4.69) is 14.2 Å². The molecular formula is C8H19N3O6S2. The minimum atomic E-state index is -3.81. The first-order chi connectivity index (χ1) is 8.64. The third-order valence-electron chi connectivity index (χ3n) is 2.24. The van der Waals surface area contributed by atoms with Crippen molar-refractivity contribution in [2.24, 2.45) is 0 Å². The molecule has 0 aromatic rings. The Morgan fingerprint density at radius 1 is 1.26 bits per heavy atom. The predicted molar refractivity (Wildman–Crippen MR) is 69.0 cm³/mol. The fourth-order valence-electron chi connectivity index (χ4n) is 0.988. The Labute approximate surface area is 113 Å². The van der Waals surface area contributed by atoms with Crippen molar-refractivity contribution in [1.29, 1.82) is 0 Å². The summed E-state index contributed by atoms with van der Waals surface area (Å²) in [6, 6.07) is 0. The van der Waals surface area contributed by atoms with E-state index in [0.717, 1.165) is 4.31 Å². The highest BCUT2D eigenvalue weighted by Crippen LogP contribution is 1.97. The summed E-state index contributed by atoms with van der Waals surface area (Å²) in [5.74, 6) is -0.895. The first-order valence-electron chi connectivity index (χ1n) is 5.33. The van der Waals surface area contributed by atoms with Crippen LogP contribution in [0.15, 0.2) is 0 Å². The molecule has 0 saturated carbocycles. The van der Waals surface area contributed by atoms with Crippen LogP contribution in [0.1, 0.15) is 6.42 Å². The van der Waals surface area contributed by atoms with Gasteiger partial charge in [0.25, 0.3) is 10.2 Å². The van der Waals surface area contributed by atoms with Crippen molar-refractivity contribution >= 4 is 26.2 Å². The molecule has 2 N–H and O–H groups in total. The van der Waals surface area contributed by atoms with Crippen LogP contribution in [-0.2, 0) is 29.8 Å². The number of ether oxygens (including phenoxy) is 1. The number of sulfonamides is 1. The molecule has 0 spiro atoms. The lowest BCUT2D eigenvalue weighted by Crippen LogP contribution is -2.41.